The fourth-order valence-electron chi connectivity index (χ4n) is 4.21. The van der Waals surface area contributed by atoms with Crippen LogP contribution in [0.1, 0.15) is 32.1 Å². The first-order valence-electron chi connectivity index (χ1n) is 8.86. The number of rotatable bonds is 3. The van der Waals surface area contributed by atoms with E-state index in [0.717, 1.165) is 37.9 Å². The molecular formula is C18H22N4O3. The van der Waals surface area contributed by atoms with E-state index in [4.69, 9.17) is 5.73 Å². The Labute approximate surface area is 146 Å². The van der Waals surface area contributed by atoms with Crippen LogP contribution in [-0.4, -0.2) is 47.9 Å². The first-order valence-corrected chi connectivity index (χ1v) is 8.86. The molecule has 3 heterocycles. The average Bonchev–Trinajstić information content (AvgIpc) is 3.18. The lowest BCUT2D eigenvalue weighted by Crippen LogP contribution is -2.49. The molecule has 3 aliphatic heterocycles. The van der Waals surface area contributed by atoms with Gasteiger partial charge in [-0.3, -0.25) is 24.2 Å². The van der Waals surface area contributed by atoms with Crippen LogP contribution in [0.3, 0.4) is 0 Å². The van der Waals surface area contributed by atoms with Gasteiger partial charge >= 0.3 is 0 Å². The van der Waals surface area contributed by atoms with Gasteiger partial charge in [0.25, 0.3) is 5.91 Å². The Morgan fingerprint density at radius 3 is 2.40 bits per heavy atom. The zero-order valence-corrected chi connectivity index (χ0v) is 14.1. The lowest BCUT2D eigenvalue weighted by molar-refractivity contribution is -0.122. The molecule has 1 aromatic rings. The summed E-state index contributed by atoms with van der Waals surface area (Å²) in [6.07, 6.45) is 3.46. The molecule has 0 aliphatic carbocycles. The highest BCUT2D eigenvalue weighted by Crippen LogP contribution is 2.35. The van der Waals surface area contributed by atoms with Crippen LogP contribution in [0.25, 0.3) is 0 Å². The number of hydrogen-bond donors (Lipinski definition) is 1. The molecule has 0 bridgehead atoms. The summed E-state index contributed by atoms with van der Waals surface area (Å²) in [6, 6.07) is 7.03. The van der Waals surface area contributed by atoms with E-state index in [2.05, 4.69) is 0 Å². The van der Waals surface area contributed by atoms with Crippen molar-refractivity contribution in [3.63, 3.8) is 0 Å². The lowest BCUT2D eigenvalue weighted by atomic mass is 10.1. The lowest BCUT2D eigenvalue weighted by Gasteiger charge is -2.29. The first-order chi connectivity index (χ1) is 12.1. The van der Waals surface area contributed by atoms with Crippen LogP contribution in [0.4, 0.5) is 11.4 Å². The fourth-order valence-corrected chi connectivity index (χ4v) is 4.21. The van der Waals surface area contributed by atoms with Gasteiger partial charge in [-0.15, -0.1) is 0 Å². The number of hydrogen-bond acceptors (Lipinski definition) is 4. The molecule has 25 heavy (non-hydrogen) atoms. The summed E-state index contributed by atoms with van der Waals surface area (Å²) < 4.78 is 0. The molecule has 2 atom stereocenters. The molecule has 3 amide bonds. The van der Waals surface area contributed by atoms with Crippen LogP contribution in [0, 0.1) is 0 Å². The van der Waals surface area contributed by atoms with Crippen molar-refractivity contribution in [1.29, 1.82) is 0 Å². The number of carbonyl (C=O) groups is 3. The maximum atomic E-state index is 12.8. The molecule has 3 saturated heterocycles. The minimum Gasteiger partial charge on any atom is -0.367 e. The van der Waals surface area contributed by atoms with Crippen molar-refractivity contribution in [2.45, 2.75) is 44.3 Å². The highest BCUT2D eigenvalue weighted by molar-refractivity contribution is 6.06. The van der Waals surface area contributed by atoms with Crippen LogP contribution < -0.4 is 15.5 Å². The van der Waals surface area contributed by atoms with Crippen molar-refractivity contribution in [3.05, 3.63) is 24.3 Å². The SMILES string of the molecule is NC(=O)C1N(c2ccc(N3CCCCC3=O)cc2)C(=O)[C@@H]2CCCN12. The van der Waals surface area contributed by atoms with Crippen LogP contribution >= 0.6 is 0 Å². The van der Waals surface area contributed by atoms with Crippen molar-refractivity contribution >= 4 is 29.1 Å². The molecule has 1 aromatic carbocycles. The van der Waals surface area contributed by atoms with Crippen molar-refractivity contribution in [2.24, 2.45) is 5.73 Å². The van der Waals surface area contributed by atoms with Gasteiger partial charge in [-0.25, -0.2) is 0 Å². The molecule has 0 saturated carbocycles. The Morgan fingerprint density at radius 2 is 1.72 bits per heavy atom. The molecule has 132 valence electrons. The van der Waals surface area contributed by atoms with Gasteiger partial charge in [0.05, 0.1) is 6.04 Å². The molecule has 0 spiro atoms. The van der Waals surface area contributed by atoms with Gasteiger partial charge in [0.2, 0.25) is 11.8 Å². The molecule has 0 radical (unpaired) electrons. The molecule has 1 unspecified atom stereocenters. The van der Waals surface area contributed by atoms with Gasteiger partial charge in [-0.1, -0.05) is 0 Å². The number of benzene rings is 1. The summed E-state index contributed by atoms with van der Waals surface area (Å²) in [5.41, 5.74) is 7.06. The van der Waals surface area contributed by atoms with Crippen molar-refractivity contribution in [2.75, 3.05) is 22.9 Å². The van der Waals surface area contributed by atoms with Gasteiger partial charge < -0.3 is 10.6 Å². The third-order valence-electron chi connectivity index (χ3n) is 5.39. The number of nitrogens with zero attached hydrogens (tertiary/aromatic N) is 3. The number of carbonyl (C=O) groups excluding carboxylic acids is 3. The van der Waals surface area contributed by atoms with E-state index in [-0.39, 0.29) is 17.9 Å². The molecule has 3 aliphatic rings. The van der Waals surface area contributed by atoms with E-state index in [1.165, 1.54) is 4.90 Å². The highest BCUT2D eigenvalue weighted by atomic mass is 16.2. The van der Waals surface area contributed by atoms with Crippen LogP contribution in [0.15, 0.2) is 24.3 Å². The minimum atomic E-state index is -0.720. The Bertz CT molecular complexity index is 718. The number of nitrogens with two attached hydrogens (primary N) is 1. The van der Waals surface area contributed by atoms with Crippen molar-refractivity contribution in [1.82, 2.24) is 4.90 Å². The van der Waals surface area contributed by atoms with Crippen LogP contribution in [-0.2, 0) is 14.4 Å². The maximum absolute atomic E-state index is 12.8. The maximum Gasteiger partial charge on any atom is 0.255 e. The summed E-state index contributed by atoms with van der Waals surface area (Å²) in [7, 11) is 0. The van der Waals surface area contributed by atoms with E-state index in [0.29, 0.717) is 18.7 Å². The van der Waals surface area contributed by atoms with Crippen molar-refractivity contribution in [3.8, 4) is 0 Å². The summed E-state index contributed by atoms with van der Waals surface area (Å²) in [6.45, 7) is 1.43. The molecule has 7 heteroatoms. The molecular weight excluding hydrogens is 320 g/mol. The predicted molar refractivity (Wildman–Crippen MR) is 92.8 cm³/mol. The van der Waals surface area contributed by atoms with Crippen molar-refractivity contribution < 1.29 is 14.4 Å². The monoisotopic (exact) mass is 342 g/mol. The number of piperidine rings is 1. The minimum absolute atomic E-state index is 0.0666. The zero-order valence-electron chi connectivity index (χ0n) is 14.1. The van der Waals surface area contributed by atoms with E-state index < -0.39 is 12.1 Å². The largest absolute Gasteiger partial charge is 0.367 e. The molecule has 3 fully saturated rings. The van der Waals surface area contributed by atoms with E-state index >= 15 is 0 Å². The molecule has 2 N–H and O–H groups in total. The Balaban J connectivity index is 1.61. The Morgan fingerprint density at radius 1 is 1.00 bits per heavy atom. The van der Waals surface area contributed by atoms with Gasteiger partial charge in [0.15, 0.2) is 6.17 Å². The van der Waals surface area contributed by atoms with E-state index in [1.54, 1.807) is 17.0 Å². The highest BCUT2D eigenvalue weighted by Gasteiger charge is 2.51. The Hall–Kier alpha value is -2.41. The predicted octanol–water partition coefficient (Wildman–Crippen LogP) is 0.826. The summed E-state index contributed by atoms with van der Waals surface area (Å²) in [5.74, 6) is -0.442. The standard InChI is InChI=1S/C18H22N4O3/c19-16(24)17-21-11-3-4-14(21)18(25)22(17)13-8-6-12(7-9-13)20-10-2-1-5-15(20)23/h6-9,14,17H,1-5,10-11H2,(H2,19,24)/t14-,17?/m0/s1. The third kappa shape index (κ3) is 2.59. The number of anilines is 2. The zero-order chi connectivity index (χ0) is 17.6. The number of primary amides is 1. The summed E-state index contributed by atoms with van der Waals surface area (Å²) >= 11 is 0. The normalized spacial score (nSPS) is 27.0. The van der Waals surface area contributed by atoms with Gasteiger partial charge in [0, 0.05) is 30.9 Å². The van der Waals surface area contributed by atoms with Gasteiger partial charge in [-0.05, 0) is 49.9 Å². The molecule has 4 rings (SSSR count). The quantitative estimate of drug-likeness (QED) is 0.881. The Kier molecular flexibility index (Phi) is 3.95. The average molecular weight is 342 g/mol. The van der Waals surface area contributed by atoms with Gasteiger partial charge in [-0.2, -0.15) is 0 Å². The van der Waals surface area contributed by atoms with Gasteiger partial charge in [0.1, 0.15) is 0 Å². The van der Waals surface area contributed by atoms with E-state index in [9.17, 15) is 14.4 Å². The number of fused-ring (bicyclic) bond motifs is 1. The number of amides is 3. The van der Waals surface area contributed by atoms with E-state index in [1.807, 2.05) is 17.0 Å². The van der Waals surface area contributed by atoms with Crippen LogP contribution in [0.5, 0.6) is 0 Å². The van der Waals surface area contributed by atoms with Crippen LogP contribution in [0.2, 0.25) is 0 Å². The topological polar surface area (TPSA) is 87.0 Å². The summed E-state index contributed by atoms with van der Waals surface area (Å²) in [4.78, 5) is 42.0. The molecule has 0 aromatic heterocycles. The second-order valence-corrected chi connectivity index (χ2v) is 6.90. The summed E-state index contributed by atoms with van der Waals surface area (Å²) in [5, 5.41) is 0. The fraction of sp³-hybridized carbons (Fsp3) is 0.500. The second-order valence-electron chi connectivity index (χ2n) is 6.90. The smallest absolute Gasteiger partial charge is 0.255 e. The third-order valence-corrected chi connectivity index (χ3v) is 5.39. The molecule has 7 nitrogen and oxygen atoms in total. The first kappa shape index (κ1) is 16.1. The second kappa shape index (κ2) is 6.15.